The van der Waals surface area contributed by atoms with E-state index in [9.17, 15) is 0 Å². The molecule has 0 N–H and O–H groups in total. The molecular formula is C12H15N3. The zero-order valence-electron chi connectivity index (χ0n) is 9.09. The van der Waals surface area contributed by atoms with Crippen LogP contribution in [-0.2, 0) is 0 Å². The molecule has 0 amide bonds. The largest absolute Gasteiger partial charge is 0.268 e. The summed E-state index contributed by atoms with van der Waals surface area (Å²) in [5, 5.41) is 0. The lowest BCUT2D eigenvalue weighted by molar-refractivity contribution is 1.12. The summed E-state index contributed by atoms with van der Waals surface area (Å²) in [6, 6.07) is 1.80. The van der Waals surface area contributed by atoms with Crippen molar-refractivity contribution in [2.24, 2.45) is 4.99 Å². The summed E-state index contributed by atoms with van der Waals surface area (Å²) in [4.78, 5) is 12.4. The third-order valence-corrected chi connectivity index (χ3v) is 1.68. The van der Waals surface area contributed by atoms with Gasteiger partial charge in [-0.1, -0.05) is 26.0 Å². The Kier molecular flexibility index (Phi) is 5.01. The second-order valence-corrected chi connectivity index (χ2v) is 2.63. The zero-order valence-corrected chi connectivity index (χ0v) is 9.09. The van der Waals surface area contributed by atoms with Gasteiger partial charge in [0.05, 0.1) is 0 Å². The van der Waals surface area contributed by atoms with E-state index in [-0.39, 0.29) is 0 Å². The number of aliphatic imine (C=N–C) groups is 1. The van der Waals surface area contributed by atoms with E-state index in [1.165, 1.54) is 0 Å². The molecule has 1 aliphatic rings. The molecule has 1 aliphatic heterocycles. The second-order valence-electron chi connectivity index (χ2n) is 2.63. The predicted molar refractivity (Wildman–Crippen MR) is 63.6 cm³/mol. The summed E-state index contributed by atoms with van der Waals surface area (Å²) in [6.07, 6.45) is 12.0. The minimum Gasteiger partial charge on any atom is -0.268 e. The van der Waals surface area contributed by atoms with Crippen LogP contribution in [0.5, 0.6) is 0 Å². The van der Waals surface area contributed by atoms with Crippen LogP contribution in [0, 0.1) is 0 Å². The van der Waals surface area contributed by atoms with Crippen LogP contribution in [0.4, 0.5) is 0 Å². The van der Waals surface area contributed by atoms with Crippen LogP contribution in [0.25, 0.3) is 5.57 Å². The topological polar surface area (TPSA) is 38.1 Å². The van der Waals surface area contributed by atoms with Crippen molar-refractivity contribution in [3.8, 4) is 0 Å². The van der Waals surface area contributed by atoms with Gasteiger partial charge in [0.15, 0.2) is 5.82 Å². The molecule has 0 unspecified atom stereocenters. The highest BCUT2D eigenvalue weighted by molar-refractivity contribution is 5.74. The molecule has 78 valence electrons. The van der Waals surface area contributed by atoms with Crippen LogP contribution < -0.4 is 0 Å². The molecule has 0 saturated carbocycles. The van der Waals surface area contributed by atoms with Gasteiger partial charge in [0.25, 0.3) is 0 Å². The highest BCUT2D eigenvalue weighted by atomic mass is 14.9. The minimum atomic E-state index is 0.720. The van der Waals surface area contributed by atoms with Gasteiger partial charge in [-0.15, -0.1) is 0 Å². The fourth-order valence-corrected chi connectivity index (χ4v) is 1.07. The SMILES string of the molecule is C1=CC(c2ncccn2)=CN=CC1.CC. The molecule has 3 nitrogen and oxygen atoms in total. The molecule has 15 heavy (non-hydrogen) atoms. The van der Waals surface area contributed by atoms with Crippen LogP contribution in [0.2, 0.25) is 0 Å². The van der Waals surface area contributed by atoms with Crippen molar-refractivity contribution in [2.45, 2.75) is 20.3 Å². The first-order chi connectivity index (χ1) is 7.47. The van der Waals surface area contributed by atoms with E-state index in [1.54, 1.807) is 24.7 Å². The fraction of sp³-hybridized carbons (Fsp3) is 0.250. The lowest BCUT2D eigenvalue weighted by Gasteiger charge is -1.96. The summed E-state index contributed by atoms with van der Waals surface area (Å²) < 4.78 is 0. The van der Waals surface area contributed by atoms with Crippen molar-refractivity contribution in [1.29, 1.82) is 0 Å². The molecular weight excluding hydrogens is 186 g/mol. The first-order valence-corrected chi connectivity index (χ1v) is 5.12. The van der Waals surface area contributed by atoms with Crippen LogP contribution in [0.15, 0.2) is 41.8 Å². The maximum Gasteiger partial charge on any atom is 0.160 e. The molecule has 0 fully saturated rings. The molecule has 2 heterocycles. The van der Waals surface area contributed by atoms with Crippen LogP contribution in [-0.4, -0.2) is 16.2 Å². The normalized spacial score (nSPS) is 13.6. The van der Waals surface area contributed by atoms with Crippen molar-refractivity contribution < 1.29 is 0 Å². The highest BCUT2D eigenvalue weighted by Crippen LogP contribution is 2.11. The van der Waals surface area contributed by atoms with Crippen molar-refractivity contribution in [1.82, 2.24) is 9.97 Å². The Morgan fingerprint density at radius 1 is 1.13 bits per heavy atom. The number of hydrogen-bond donors (Lipinski definition) is 0. The molecule has 0 bridgehead atoms. The summed E-state index contributed by atoms with van der Waals surface area (Å²) in [7, 11) is 0. The van der Waals surface area contributed by atoms with Crippen LogP contribution >= 0.6 is 0 Å². The number of nitrogens with zero attached hydrogens (tertiary/aromatic N) is 3. The van der Waals surface area contributed by atoms with Crippen molar-refractivity contribution in [3.63, 3.8) is 0 Å². The van der Waals surface area contributed by atoms with Gasteiger partial charge in [-0.2, -0.15) is 0 Å². The third kappa shape index (κ3) is 3.46. The first kappa shape index (κ1) is 11.3. The molecule has 2 rings (SSSR count). The van der Waals surface area contributed by atoms with Gasteiger partial charge in [-0.3, -0.25) is 4.99 Å². The van der Waals surface area contributed by atoms with E-state index in [0.29, 0.717) is 0 Å². The third-order valence-electron chi connectivity index (χ3n) is 1.68. The smallest absolute Gasteiger partial charge is 0.160 e. The lowest BCUT2D eigenvalue weighted by Crippen LogP contribution is -1.89. The van der Waals surface area contributed by atoms with Gasteiger partial charge < -0.3 is 0 Å². The quantitative estimate of drug-likeness (QED) is 0.700. The van der Waals surface area contributed by atoms with Gasteiger partial charge in [0.1, 0.15) is 0 Å². The number of allylic oxidation sites excluding steroid dienone is 3. The van der Waals surface area contributed by atoms with E-state index in [4.69, 9.17) is 0 Å². The molecule has 0 atom stereocenters. The maximum atomic E-state index is 4.14. The molecule has 0 aliphatic carbocycles. The van der Waals surface area contributed by atoms with E-state index in [0.717, 1.165) is 17.8 Å². The Hall–Kier alpha value is -1.77. The van der Waals surface area contributed by atoms with Crippen molar-refractivity contribution in [3.05, 3.63) is 42.6 Å². The number of aromatic nitrogens is 2. The predicted octanol–water partition coefficient (Wildman–Crippen LogP) is 2.87. The van der Waals surface area contributed by atoms with E-state index >= 15 is 0 Å². The summed E-state index contributed by atoms with van der Waals surface area (Å²) in [5.41, 5.74) is 0.953. The number of hydrogen-bond acceptors (Lipinski definition) is 3. The Bertz CT molecular complexity index is 364. The Balaban J connectivity index is 0.000000531. The Labute approximate surface area is 90.3 Å². The lowest BCUT2D eigenvalue weighted by atomic mass is 10.2. The molecule has 1 aromatic rings. The van der Waals surface area contributed by atoms with Gasteiger partial charge >= 0.3 is 0 Å². The first-order valence-electron chi connectivity index (χ1n) is 5.12. The second kappa shape index (κ2) is 6.65. The number of rotatable bonds is 1. The van der Waals surface area contributed by atoms with Crippen molar-refractivity contribution >= 4 is 11.8 Å². The summed E-state index contributed by atoms with van der Waals surface area (Å²) >= 11 is 0. The summed E-state index contributed by atoms with van der Waals surface area (Å²) in [6.45, 7) is 4.00. The van der Waals surface area contributed by atoms with Crippen molar-refractivity contribution in [2.75, 3.05) is 0 Å². The minimum absolute atomic E-state index is 0.720. The molecule has 1 aromatic heterocycles. The van der Waals surface area contributed by atoms with E-state index < -0.39 is 0 Å². The van der Waals surface area contributed by atoms with Crippen LogP contribution in [0.1, 0.15) is 26.1 Å². The van der Waals surface area contributed by atoms with E-state index in [1.807, 2.05) is 32.2 Å². The monoisotopic (exact) mass is 201 g/mol. The van der Waals surface area contributed by atoms with Gasteiger partial charge in [0, 0.05) is 36.8 Å². The van der Waals surface area contributed by atoms with E-state index in [2.05, 4.69) is 15.0 Å². The average Bonchev–Trinajstić information content (AvgIpc) is 2.61. The summed E-state index contributed by atoms with van der Waals surface area (Å²) in [5.74, 6) is 0.720. The Morgan fingerprint density at radius 2 is 1.87 bits per heavy atom. The molecule has 3 heteroatoms. The average molecular weight is 201 g/mol. The van der Waals surface area contributed by atoms with Gasteiger partial charge in [-0.25, -0.2) is 9.97 Å². The molecule has 0 spiro atoms. The molecule has 0 saturated heterocycles. The molecule has 0 aromatic carbocycles. The zero-order chi connectivity index (χ0) is 10.9. The highest BCUT2D eigenvalue weighted by Gasteiger charge is 1.99. The van der Waals surface area contributed by atoms with Gasteiger partial charge in [0.2, 0.25) is 0 Å². The standard InChI is InChI=1S/C10H9N3.C2H6/c1-2-5-11-8-9(4-1)10-12-6-3-7-13-10;1-2/h1,3-8H,2H2;1-2H3. The fourth-order valence-electron chi connectivity index (χ4n) is 1.07. The molecule has 0 radical (unpaired) electrons. The Morgan fingerprint density at radius 3 is 2.60 bits per heavy atom. The maximum absolute atomic E-state index is 4.14. The van der Waals surface area contributed by atoms with Crippen LogP contribution in [0.3, 0.4) is 0 Å². The van der Waals surface area contributed by atoms with Gasteiger partial charge in [-0.05, 0) is 6.07 Å².